The van der Waals surface area contributed by atoms with Gasteiger partial charge in [0.2, 0.25) is 0 Å². The van der Waals surface area contributed by atoms with Crippen LogP contribution in [0.15, 0.2) is 53.5 Å². The molecule has 5 nitrogen and oxygen atoms in total. The van der Waals surface area contributed by atoms with Crippen LogP contribution in [0.3, 0.4) is 0 Å². The lowest BCUT2D eigenvalue weighted by molar-refractivity contribution is -0.384. The summed E-state index contributed by atoms with van der Waals surface area (Å²) in [7, 11) is 0. The number of nitro benzene ring substituents is 1. The highest BCUT2D eigenvalue weighted by Gasteiger charge is 2.02. The van der Waals surface area contributed by atoms with Gasteiger partial charge in [-0.15, -0.1) is 0 Å². The van der Waals surface area contributed by atoms with Crippen molar-refractivity contribution in [2.45, 2.75) is 71.1 Å². The van der Waals surface area contributed by atoms with Crippen LogP contribution in [0.1, 0.15) is 76.7 Å². The Kier molecular flexibility index (Phi) is 11.3. The predicted molar refractivity (Wildman–Crippen MR) is 124 cm³/mol. The summed E-state index contributed by atoms with van der Waals surface area (Å²) >= 11 is 0. The molecule has 0 spiro atoms. The molecule has 2 aromatic carbocycles. The lowest BCUT2D eigenvalue weighted by Crippen LogP contribution is -1.97. The lowest BCUT2D eigenvalue weighted by Gasteiger charge is -2.06. The van der Waals surface area contributed by atoms with Crippen molar-refractivity contribution in [2.75, 3.05) is 6.61 Å². The number of ether oxygens (including phenoxy) is 1. The van der Waals surface area contributed by atoms with Crippen LogP contribution in [-0.2, 0) is 0 Å². The van der Waals surface area contributed by atoms with Crippen molar-refractivity contribution in [1.29, 1.82) is 0 Å². The van der Waals surface area contributed by atoms with Gasteiger partial charge in [-0.2, -0.15) is 0 Å². The summed E-state index contributed by atoms with van der Waals surface area (Å²) in [5, 5.41) is 10.7. The first-order chi connectivity index (χ1) is 14.7. The monoisotopic (exact) mass is 410 g/mol. The second-order valence-corrected chi connectivity index (χ2v) is 7.63. The fourth-order valence-electron chi connectivity index (χ4n) is 3.24. The van der Waals surface area contributed by atoms with E-state index in [1.54, 1.807) is 18.3 Å². The van der Waals surface area contributed by atoms with Crippen LogP contribution in [0, 0.1) is 10.1 Å². The zero-order valence-corrected chi connectivity index (χ0v) is 18.1. The van der Waals surface area contributed by atoms with Crippen molar-refractivity contribution in [3.63, 3.8) is 0 Å². The molecule has 0 amide bonds. The van der Waals surface area contributed by atoms with Crippen molar-refractivity contribution in [2.24, 2.45) is 4.99 Å². The molecule has 2 rings (SSSR count). The molecule has 0 bridgehead atoms. The second-order valence-electron chi connectivity index (χ2n) is 7.63. The van der Waals surface area contributed by atoms with Gasteiger partial charge in [0.1, 0.15) is 5.75 Å². The molecule has 2 aromatic rings. The van der Waals surface area contributed by atoms with Crippen LogP contribution >= 0.6 is 0 Å². The first-order valence-corrected chi connectivity index (χ1v) is 11.2. The van der Waals surface area contributed by atoms with E-state index in [2.05, 4.69) is 11.9 Å². The maximum absolute atomic E-state index is 10.7. The highest BCUT2D eigenvalue weighted by atomic mass is 16.6. The Bertz CT molecular complexity index is 755. The van der Waals surface area contributed by atoms with Gasteiger partial charge in [0, 0.05) is 18.3 Å². The van der Waals surface area contributed by atoms with E-state index in [1.165, 1.54) is 69.9 Å². The Balaban J connectivity index is 1.59. The Morgan fingerprint density at radius 3 is 1.97 bits per heavy atom. The summed E-state index contributed by atoms with van der Waals surface area (Å²) in [6.07, 6.45) is 15.0. The number of rotatable bonds is 15. The quantitative estimate of drug-likeness (QED) is 0.131. The van der Waals surface area contributed by atoms with E-state index in [0.717, 1.165) is 24.3 Å². The van der Waals surface area contributed by atoms with E-state index in [1.807, 2.05) is 24.3 Å². The van der Waals surface area contributed by atoms with E-state index >= 15 is 0 Å². The van der Waals surface area contributed by atoms with Crippen LogP contribution in [0.2, 0.25) is 0 Å². The molecule has 5 heteroatoms. The normalized spacial score (nSPS) is 11.1. The highest BCUT2D eigenvalue weighted by Crippen LogP contribution is 2.18. The van der Waals surface area contributed by atoms with Gasteiger partial charge in [-0.3, -0.25) is 15.1 Å². The Morgan fingerprint density at radius 2 is 1.40 bits per heavy atom. The van der Waals surface area contributed by atoms with Gasteiger partial charge in [-0.05, 0) is 48.4 Å². The Morgan fingerprint density at radius 1 is 0.833 bits per heavy atom. The molecular formula is C25H34N2O3. The smallest absolute Gasteiger partial charge is 0.269 e. The van der Waals surface area contributed by atoms with Gasteiger partial charge >= 0.3 is 0 Å². The highest BCUT2D eigenvalue weighted by molar-refractivity contribution is 5.82. The molecule has 162 valence electrons. The summed E-state index contributed by atoms with van der Waals surface area (Å²) in [4.78, 5) is 14.6. The Hall–Kier alpha value is -2.69. The number of benzene rings is 2. The Labute approximate surface area is 180 Å². The van der Waals surface area contributed by atoms with Gasteiger partial charge in [0.05, 0.1) is 17.2 Å². The summed E-state index contributed by atoms with van der Waals surface area (Å²) in [6, 6.07) is 14.0. The maximum atomic E-state index is 10.7. The number of hydrogen-bond acceptors (Lipinski definition) is 4. The fraction of sp³-hybridized carbons (Fsp3) is 0.480. The van der Waals surface area contributed by atoms with Gasteiger partial charge in [-0.1, -0.05) is 64.7 Å². The van der Waals surface area contributed by atoms with Crippen LogP contribution in [-0.4, -0.2) is 17.7 Å². The average Bonchev–Trinajstić information content (AvgIpc) is 2.77. The molecule has 0 aliphatic rings. The molecule has 0 heterocycles. The SMILES string of the molecule is CCCCCCCCCCCCOc1ccc(C=Nc2ccc([N+](=O)[O-])cc2)cc1. The summed E-state index contributed by atoms with van der Waals surface area (Å²) in [6.45, 7) is 3.02. The summed E-state index contributed by atoms with van der Waals surface area (Å²) in [5.41, 5.74) is 1.71. The first-order valence-electron chi connectivity index (χ1n) is 11.2. The summed E-state index contributed by atoms with van der Waals surface area (Å²) in [5.74, 6) is 0.874. The first kappa shape index (κ1) is 23.6. The zero-order valence-electron chi connectivity index (χ0n) is 18.1. The number of nitro groups is 1. The molecule has 0 fully saturated rings. The number of nitrogens with zero attached hydrogens (tertiary/aromatic N) is 2. The van der Waals surface area contributed by atoms with Crippen molar-refractivity contribution >= 4 is 17.6 Å². The van der Waals surface area contributed by atoms with E-state index in [0.29, 0.717) is 5.69 Å². The van der Waals surface area contributed by atoms with Crippen LogP contribution in [0.4, 0.5) is 11.4 Å². The fourth-order valence-corrected chi connectivity index (χ4v) is 3.24. The third kappa shape index (κ3) is 9.68. The van der Waals surface area contributed by atoms with Crippen molar-refractivity contribution < 1.29 is 9.66 Å². The van der Waals surface area contributed by atoms with E-state index in [4.69, 9.17) is 4.74 Å². The van der Waals surface area contributed by atoms with Gasteiger partial charge in [0.25, 0.3) is 5.69 Å². The third-order valence-electron chi connectivity index (χ3n) is 5.07. The molecule has 30 heavy (non-hydrogen) atoms. The average molecular weight is 411 g/mol. The number of aliphatic imine (C=N–C) groups is 1. The minimum Gasteiger partial charge on any atom is -0.494 e. The lowest BCUT2D eigenvalue weighted by atomic mass is 10.1. The maximum Gasteiger partial charge on any atom is 0.269 e. The third-order valence-corrected chi connectivity index (χ3v) is 5.07. The zero-order chi connectivity index (χ0) is 21.4. The molecular weight excluding hydrogens is 376 g/mol. The number of unbranched alkanes of at least 4 members (excludes halogenated alkanes) is 9. The van der Waals surface area contributed by atoms with Crippen molar-refractivity contribution in [1.82, 2.24) is 0 Å². The van der Waals surface area contributed by atoms with Gasteiger partial charge < -0.3 is 4.74 Å². The molecule has 0 N–H and O–H groups in total. The van der Waals surface area contributed by atoms with Gasteiger partial charge in [-0.25, -0.2) is 0 Å². The van der Waals surface area contributed by atoms with Gasteiger partial charge in [0.15, 0.2) is 0 Å². The van der Waals surface area contributed by atoms with Crippen LogP contribution in [0.25, 0.3) is 0 Å². The topological polar surface area (TPSA) is 64.7 Å². The van der Waals surface area contributed by atoms with Crippen LogP contribution < -0.4 is 4.74 Å². The minimum absolute atomic E-state index is 0.0675. The molecule has 0 aliphatic heterocycles. The predicted octanol–water partition coefficient (Wildman–Crippen LogP) is 7.65. The largest absolute Gasteiger partial charge is 0.494 e. The van der Waals surface area contributed by atoms with E-state index in [9.17, 15) is 10.1 Å². The number of non-ortho nitro benzene ring substituents is 1. The molecule has 0 saturated carbocycles. The van der Waals surface area contributed by atoms with E-state index < -0.39 is 4.92 Å². The molecule has 0 aliphatic carbocycles. The molecule has 0 aromatic heterocycles. The summed E-state index contributed by atoms with van der Waals surface area (Å²) < 4.78 is 5.82. The molecule has 0 saturated heterocycles. The van der Waals surface area contributed by atoms with E-state index in [-0.39, 0.29) is 5.69 Å². The second kappa shape index (κ2) is 14.3. The molecule has 0 unspecified atom stereocenters. The molecule has 0 radical (unpaired) electrons. The van der Waals surface area contributed by atoms with Crippen molar-refractivity contribution in [3.05, 3.63) is 64.2 Å². The van der Waals surface area contributed by atoms with Crippen LogP contribution in [0.5, 0.6) is 5.75 Å². The molecule has 0 atom stereocenters. The standard InChI is InChI=1S/C25H34N2O3/c1-2-3-4-5-6-7-8-9-10-11-20-30-25-18-12-22(13-19-25)21-26-23-14-16-24(17-15-23)27(28)29/h12-19,21H,2-11,20H2,1H3. The van der Waals surface area contributed by atoms with Crippen molar-refractivity contribution in [3.8, 4) is 5.75 Å². The number of hydrogen-bond donors (Lipinski definition) is 0. The minimum atomic E-state index is -0.415.